The van der Waals surface area contributed by atoms with E-state index < -0.39 is 0 Å². The Hall–Kier alpha value is -2.79. The van der Waals surface area contributed by atoms with Gasteiger partial charge in [0.2, 0.25) is 0 Å². The van der Waals surface area contributed by atoms with Gasteiger partial charge < -0.3 is 4.57 Å². The molecule has 3 heterocycles. The van der Waals surface area contributed by atoms with Crippen LogP contribution in [-0.2, 0) is 0 Å². The van der Waals surface area contributed by atoms with Gasteiger partial charge in [-0.1, -0.05) is 29.8 Å². The maximum Gasteiger partial charge on any atom is 0.157 e. The number of halogens is 1. The quantitative estimate of drug-likeness (QED) is 0.532. The molecule has 0 saturated carbocycles. The lowest BCUT2D eigenvalue weighted by atomic mass is 10.1. The fraction of sp³-hybridized carbons (Fsp3) is 0. The summed E-state index contributed by atoms with van der Waals surface area (Å²) >= 11 is 6.31. The minimum Gasteiger partial charge on any atom is -0.312 e. The molecule has 0 atom stereocenters. The fourth-order valence-electron chi connectivity index (χ4n) is 2.46. The molecule has 6 heteroatoms. The lowest BCUT2D eigenvalue weighted by molar-refractivity contribution is 1.11. The lowest BCUT2D eigenvalue weighted by Crippen LogP contribution is -1.93. The summed E-state index contributed by atoms with van der Waals surface area (Å²) in [7, 11) is 0. The third-order valence-electron chi connectivity index (χ3n) is 3.44. The second kappa shape index (κ2) is 5.20. The van der Waals surface area contributed by atoms with Gasteiger partial charge in [0.25, 0.3) is 0 Å². The number of hydrogen-bond acceptors (Lipinski definition) is 4. The highest BCUT2D eigenvalue weighted by molar-refractivity contribution is 6.34. The van der Waals surface area contributed by atoms with Gasteiger partial charge in [-0.15, -0.1) is 0 Å². The first kappa shape index (κ1) is 12.9. The van der Waals surface area contributed by atoms with Gasteiger partial charge in [0.1, 0.15) is 23.7 Å². The highest BCUT2D eigenvalue weighted by Crippen LogP contribution is 2.33. The normalized spacial score (nSPS) is 11.0. The Labute approximate surface area is 131 Å². The molecule has 106 valence electrons. The van der Waals surface area contributed by atoms with Crippen LogP contribution in [0, 0.1) is 0 Å². The zero-order chi connectivity index (χ0) is 14.9. The topological polar surface area (TPSA) is 56.5 Å². The number of nitrogens with zero attached hydrogens (tertiary/aromatic N) is 5. The Morgan fingerprint density at radius 3 is 2.45 bits per heavy atom. The maximum atomic E-state index is 6.31. The van der Waals surface area contributed by atoms with Crippen molar-refractivity contribution in [1.82, 2.24) is 24.5 Å². The Morgan fingerprint density at radius 2 is 1.68 bits per heavy atom. The molecule has 0 amide bonds. The van der Waals surface area contributed by atoms with Gasteiger partial charge in [-0.2, -0.15) is 0 Å². The molecular weight excluding hydrogens is 298 g/mol. The monoisotopic (exact) mass is 307 g/mol. The summed E-state index contributed by atoms with van der Waals surface area (Å²) in [5, 5.41) is 0.414. The van der Waals surface area contributed by atoms with Crippen molar-refractivity contribution in [2.75, 3.05) is 0 Å². The number of hydrogen-bond donors (Lipinski definition) is 0. The number of rotatable bonds is 2. The van der Waals surface area contributed by atoms with E-state index in [1.807, 2.05) is 41.1 Å². The van der Waals surface area contributed by atoms with Crippen LogP contribution in [0.1, 0.15) is 0 Å². The van der Waals surface area contributed by atoms with E-state index >= 15 is 0 Å². The van der Waals surface area contributed by atoms with Crippen molar-refractivity contribution in [3.8, 4) is 16.8 Å². The van der Waals surface area contributed by atoms with Gasteiger partial charge in [0.15, 0.2) is 5.15 Å². The van der Waals surface area contributed by atoms with Crippen molar-refractivity contribution < 1.29 is 0 Å². The Kier molecular flexibility index (Phi) is 3.05. The van der Waals surface area contributed by atoms with Crippen molar-refractivity contribution in [3.63, 3.8) is 0 Å². The molecule has 4 rings (SSSR count). The van der Waals surface area contributed by atoms with Gasteiger partial charge in [-0.05, 0) is 12.1 Å². The summed E-state index contributed by atoms with van der Waals surface area (Å²) in [6.07, 6.45) is 8.47. The molecule has 0 spiro atoms. The van der Waals surface area contributed by atoms with E-state index in [1.165, 1.54) is 12.7 Å². The van der Waals surface area contributed by atoms with E-state index in [-0.39, 0.29) is 0 Å². The van der Waals surface area contributed by atoms with Gasteiger partial charge >= 0.3 is 0 Å². The fourth-order valence-corrected chi connectivity index (χ4v) is 2.69. The van der Waals surface area contributed by atoms with Crippen LogP contribution in [0.2, 0.25) is 5.15 Å². The molecule has 5 nitrogen and oxygen atoms in total. The number of para-hydroxylation sites is 1. The molecule has 0 N–H and O–H groups in total. The largest absolute Gasteiger partial charge is 0.312 e. The van der Waals surface area contributed by atoms with Crippen molar-refractivity contribution in [2.45, 2.75) is 0 Å². The summed E-state index contributed by atoms with van der Waals surface area (Å²) in [6, 6.07) is 9.94. The molecule has 3 aromatic heterocycles. The smallest absolute Gasteiger partial charge is 0.157 e. The van der Waals surface area contributed by atoms with Crippen molar-refractivity contribution in [1.29, 1.82) is 0 Å². The Balaban J connectivity index is 2.07. The zero-order valence-electron chi connectivity index (χ0n) is 11.4. The average molecular weight is 308 g/mol. The highest BCUT2D eigenvalue weighted by Gasteiger charge is 2.16. The Bertz CT molecular complexity index is 935. The molecule has 0 aliphatic rings. The summed E-state index contributed by atoms with van der Waals surface area (Å²) in [5.74, 6) is 0. The third kappa shape index (κ3) is 2.03. The van der Waals surface area contributed by atoms with Crippen LogP contribution in [0.3, 0.4) is 0 Å². The van der Waals surface area contributed by atoms with Crippen LogP contribution in [0.25, 0.3) is 27.8 Å². The van der Waals surface area contributed by atoms with Crippen LogP contribution in [0.5, 0.6) is 0 Å². The van der Waals surface area contributed by atoms with Gasteiger partial charge in [0, 0.05) is 35.4 Å². The van der Waals surface area contributed by atoms with Crippen LogP contribution in [0.15, 0.2) is 61.6 Å². The second-order valence-electron chi connectivity index (χ2n) is 4.74. The number of fused-ring (bicyclic) bond motifs is 1. The van der Waals surface area contributed by atoms with Gasteiger partial charge in [-0.3, -0.25) is 0 Å². The lowest BCUT2D eigenvalue weighted by Gasteiger charge is -2.04. The van der Waals surface area contributed by atoms with Crippen LogP contribution in [-0.4, -0.2) is 24.5 Å². The predicted molar refractivity (Wildman–Crippen MR) is 84.9 cm³/mol. The first-order valence-electron chi connectivity index (χ1n) is 6.67. The van der Waals surface area contributed by atoms with Crippen molar-refractivity contribution in [2.24, 2.45) is 0 Å². The molecular formula is C16H10ClN5. The van der Waals surface area contributed by atoms with Crippen molar-refractivity contribution >= 4 is 22.6 Å². The zero-order valence-corrected chi connectivity index (χ0v) is 12.1. The minimum atomic E-state index is 0.414. The van der Waals surface area contributed by atoms with E-state index in [1.54, 1.807) is 12.4 Å². The summed E-state index contributed by atoms with van der Waals surface area (Å²) < 4.78 is 1.99. The van der Waals surface area contributed by atoms with Crippen LogP contribution < -0.4 is 0 Å². The molecule has 1 aromatic carbocycles. The first-order valence-corrected chi connectivity index (χ1v) is 7.05. The average Bonchev–Trinajstić information content (AvgIpc) is 2.98. The van der Waals surface area contributed by atoms with Gasteiger partial charge in [-0.25, -0.2) is 19.9 Å². The van der Waals surface area contributed by atoms with E-state index in [0.29, 0.717) is 5.15 Å². The maximum absolute atomic E-state index is 6.31. The minimum absolute atomic E-state index is 0.414. The molecule has 0 aliphatic carbocycles. The molecule has 0 unspecified atom stereocenters. The van der Waals surface area contributed by atoms with E-state index in [9.17, 15) is 0 Å². The summed E-state index contributed by atoms with van der Waals surface area (Å²) in [5.41, 5.74) is 4.35. The van der Waals surface area contributed by atoms with Crippen LogP contribution >= 0.6 is 11.6 Å². The third-order valence-corrected chi connectivity index (χ3v) is 3.71. The summed E-state index contributed by atoms with van der Waals surface area (Å²) in [6.45, 7) is 0. The molecule has 0 aliphatic heterocycles. The second-order valence-corrected chi connectivity index (χ2v) is 5.10. The standard InChI is InChI=1S/C16H10ClN5/c17-16-15-14(20-10-21-16)13(11-6-18-9-19-7-11)8-22(15)12-4-2-1-3-5-12/h1-10H. The van der Waals surface area contributed by atoms with Crippen molar-refractivity contribution in [3.05, 3.63) is 66.7 Å². The molecule has 4 aromatic rings. The molecule has 0 radical (unpaired) electrons. The molecule has 0 saturated heterocycles. The van der Waals surface area contributed by atoms with E-state index in [0.717, 1.165) is 27.8 Å². The number of benzene rings is 1. The first-order chi connectivity index (χ1) is 10.8. The van der Waals surface area contributed by atoms with E-state index in [4.69, 9.17) is 11.6 Å². The number of aromatic nitrogens is 5. The SMILES string of the molecule is Clc1ncnc2c(-c3cncnc3)cn(-c3ccccc3)c12. The molecule has 22 heavy (non-hydrogen) atoms. The van der Waals surface area contributed by atoms with Gasteiger partial charge in [0.05, 0.1) is 0 Å². The Morgan fingerprint density at radius 1 is 0.909 bits per heavy atom. The summed E-state index contributed by atoms with van der Waals surface area (Å²) in [4.78, 5) is 16.6. The van der Waals surface area contributed by atoms with Crippen LogP contribution in [0.4, 0.5) is 0 Å². The van der Waals surface area contributed by atoms with E-state index in [2.05, 4.69) is 19.9 Å². The predicted octanol–water partition coefficient (Wildman–Crippen LogP) is 3.53. The highest BCUT2D eigenvalue weighted by atomic mass is 35.5. The molecule has 0 fully saturated rings. The molecule has 0 bridgehead atoms.